The van der Waals surface area contributed by atoms with Gasteiger partial charge in [0.05, 0.1) is 31.3 Å². The topological polar surface area (TPSA) is 51.7 Å². The summed E-state index contributed by atoms with van der Waals surface area (Å²) in [5.41, 5.74) is 2.09. The van der Waals surface area contributed by atoms with E-state index in [1.807, 2.05) is 36.9 Å². The molecule has 1 aliphatic heterocycles. The van der Waals surface area contributed by atoms with Crippen LogP contribution in [0, 0.1) is 13.8 Å². The second-order valence-electron chi connectivity index (χ2n) is 6.35. The van der Waals surface area contributed by atoms with Crippen LogP contribution < -0.4 is 9.47 Å². The fraction of sp³-hybridized carbons (Fsp3) is 0.474. The smallest absolute Gasteiger partial charge is 0.227 e. The molecular formula is C19H24N2O3S. The molecule has 0 spiro atoms. The number of methoxy groups -OCH3 is 2. The zero-order chi connectivity index (χ0) is 18.0. The lowest BCUT2D eigenvalue weighted by molar-refractivity contribution is -0.129. The van der Waals surface area contributed by atoms with Crippen molar-refractivity contribution in [1.82, 2.24) is 9.88 Å². The third-order valence-corrected chi connectivity index (χ3v) is 5.80. The average molecular weight is 360 g/mol. The number of carbonyl (C=O) groups is 1. The number of hydrogen-bond acceptors (Lipinski definition) is 5. The lowest BCUT2D eigenvalue weighted by Gasteiger charge is -2.18. The van der Waals surface area contributed by atoms with E-state index < -0.39 is 0 Å². The van der Waals surface area contributed by atoms with Crippen molar-refractivity contribution in [3.63, 3.8) is 0 Å². The van der Waals surface area contributed by atoms with Gasteiger partial charge < -0.3 is 14.4 Å². The van der Waals surface area contributed by atoms with Gasteiger partial charge in [-0.05, 0) is 38.5 Å². The summed E-state index contributed by atoms with van der Waals surface area (Å²) in [7, 11) is 3.34. The first-order valence-corrected chi connectivity index (χ1v) is 9.26. The van der Waals surface area contributed by atoms with Crippen molar-refractivity contribution in [2.75, 3.05) is 27.3 Å². The molecule has 0 unspecified atom stereocenters. The maximum absolute atomic E-state index is 12.7. The Hall–Kier alpha value is -2.08. The lowest BCUT2D eigenvalue weighted by atomic mass is 9.97. The van der Waals surface area contributed by atoms with Crippen molar-refractivity contribution in [1.29, 1.82) is 0 Å². The van der Waals surface area contributed by atoms with E-state index in [-0.39, 0.29) is 11.8 Å². The summed E-state index contributed by atoms with van der Waals surface area (Å²) in [6, 6.07) is 5.85. The number of ether oxygens (including phenoxy) is 2. The van der Waals surface area contributed by atoms with Crippen molar-refractivity contribution < 1.29 is 14.3 Å². The first-order valence-electron chi connectivity index (χ1n) is 8.44. The second kappa shape index (κ2) is 7.44. The van der Waals surface area contributed by atoms with Gasteiger partial charge in [-0.15, -0.1) is 11.3 Å². The summed E-state index contributed by atoms with van der Waals surface area (Å²) in [4.78, 5) is 20.1. The van der Waals surface area contributed by atoms with Crippen molar-refractivity contribution >= 4 is 17.2 Å². The lowest BCUT2D eigenvalue weighted by Crippen LogP contribution is -2.29. The summed E-state index contributed by atoms with van der Waals surface area (Å²) in [5, 5.41) is 1.01. The van der Waals surface area contributed by atoms with Crippen LogP contribution >= 0.6 is 11.3 Å². The number of rotatable bonds is 5. The van der Waals surface area contributed by atoms with E-state index >= 15 is 0 Å². The van der Waals surface area contributed by atoms with Crippen LogP contribution in [0.15, 0.2) is 18.2 Å². The van der Waals surface area contributed by atoms with Gasteiger partial charge in [0.15, 0.2) is 0 Å². The first-order chi connectivity index (χ1) is 12.0. The molecule has 2 heterocycles. The molecule has 6 heteroatoms. The molecule has 25 heavy (non-hydrogen) atoms. The largest absolute Gasteiger partial charge is 0.497 e. The minimum Gasteiger partial charge on any atom is -0.497 e. The summed E-state index contributed by atoms with van der Waals surface area (Å²) in [5.74, 6) is 2.12. The van der Waals surface area contributed by atoms with Crippen molar-refractivity contribution in [3.8, 4) is 11.5 Å². The van der Waals surface area contributed by atoms with Crippen LogP contribution in [0.25, 0.3) is 0 Å². The number of hydrogen-bond donors (Lipinski definition) is 0. The van der Waals surface area contributed by atoms with Gasteiger partial charge in [0.2, 0.25) is 5.91 Å². The molecule has 2 aromatic rings. The Morgan fingerprint density at radius 1 is 1.32 bits per heavy atom. The van der Waals surface area contributed by atoms with E-state index in [1.54, 1.807) is 25.6 Å². The highest BCUT2D eigenvalue weighted by atomic mass is 32.1. The molecule has 5 nitrogen and oxygen atoms in total. The number of thiazole rings is 1. The number of likely N-dealkylation sites (tertiary alicyclic amines) is 1. The van der Waals surface area contributed by atoms with Gasteiger partial charge in [0.1, 0.15) is 11.5 Å². The Morgan fingerprint density at radius 2 is 2.12 bits per heavy atom. The number of aromatic nitrogens is 1. The first kappa shape index (κ1) is 17.7. The molecule has 1 atom stereocenters. The third kappa shape index (κ3) is 3.79. The molecule has 0 saturated carbocycles. The Bertz CT molecular complexity index is 772. The highest BCUT2D eigenvalue weighted by Gasteiger charge is 2.30. The predicted molar refractivity (Wildman–Crippen MR) is 98.8 cm³/mol. The van der Waals surface area contributed by atoms with Crippen LogP contribution in [-0.2, 0) is 11.2 Å². The van der Waals surface area contributed by atoms with Crippen LogP contribution in [0.2, 0.25) is 0 Å². The normalized spacial score (nSPS) is 17.0. The molecule has 1 aromatic heterocycles. The zero-order valence-electron chi connectivity index (χ0n) is 15.2. The maximum Gasteiger partial charge on any atom is 0.227 e. The van der Waals surface area contributed by atoms with E-state index in [1.165, 1.54) is 0 Å². The minimum atomic E-state index is 0.177. The third-order valence-electron chi connectivity index (χ3n) is 4.73. The summed E-state index contributed by atoms with van der Waals surface area (Å²) in [6.45, 7) is 5.45. The highest BCUT2D eigenvalue weighted by Crippen LogP contribution is 2.36. The monoisotopic (exact) mass is 360 g/mol. The van der Waals surface area contributed by atoms with E-state index in [2.05, 4.69) is 4.98 Å². The molecule has 0 radical (unpaired) electrons. The van der Waals surface area contributed by atoms with Crippen LogP contribution in [0.1, 0.15) is 33.5 Å². The highest BCUT2D eigenvalue weighted by molar-refractivity contribution is 7.11. The molecular weight excluding hydrogens is 336 g/mol. The van der Waals surface area contributed by atoms with Crippen LogP contribution in [0.4, 0.5) is 0 Å². The molecule has 1 aliphatic rings. The van der Waals surface area contributed by atoms with E-state index in [0.717, 1.165) is 52.2 Å². The van der Waals surface area contributed by atoms with E-state index in [9.17, 15) is 4.79 Å². The number of aryl methyl sites for hydroxylation is 2. The van der Waals surface area contributed by atoms with Crippen LogP contribution in [0.3, 0.4) is 0 Å². The summed E-state index contributed by atoms with van der Waals surface area (Å²) < 4.78 is 10.8. The van der Waals surface area contributed by atoms with E-state index in [4.69, 9.17) is 9.47 Å². The molecule has 1 fully saturated rings. The summed E-state index contributed by atoms with van der Waals surface area (Å²) in [6.07, 6.45) is 1.38. The van der Waals surface area contributed by atoms with Crippen molar-refractivity contribution in [2.45, 2.75) is 32.6 Å². The van der Waals surface area contributed by atoms with Gasteiger partial charge in [0.25, 0.3) is 0 Å². The van der Waals surface area contributed by atoms with E-state index in [0.29, 0.717) is 6.42 Å². The van der Waals surface area contributed by atoms with Gasteiger partial charge in [-0.25, -0.2) is 4.98 Å². The van der Waals surface area contributed by atoms with Crippen LogP contribution in [0.5, 0.6) is 11.5 Å². The van der Waals surface area contributed by atoms with Crippen LogP contribution in [-0.4, -0.2) is 43.1 Å². The Kier molecular flexibility index (Phi) is 5.27. The minimum absolute atomic E-state index is 0.177. The van der Waals surface area contributed by atoms with Gasteiger partial charge >= 0.3 is 0 Å². The average Bonchev–Trinajstić information content (AvgIpc) is 3.21. The zero-order valence-corrected chi connectivity index (χ0v) is 16.0. The summed E-state index contributed by atoms with van der Waals surface area (Å²) >= 11 is 1.61. The van der Waals surface area contributed by atoms with Crippen molar-refractivity contribution in [2.24, 2.45) is 0 Å². The quantitative estimate of drug-likeness (QED) is 0.821. The fourth-order valence-corrected chi connectivity index (χ4v) is 4.31. The fourth-order valence-electron chi connectivity index (χ4n) is 3.39. The maximum atomic E-state index is 12.7. The Balaban J connectivity index is 1.71. The molecule has 0 bridgehead atoms. The SMILES string of the molecule is COc1ccc(OC)c([C@@H]2CCN(C(=O)Cc3sc(C)nc3C)C2)c1. The van der Waals surface area contributed by atoms with Crippen molar-refractivity contribution in [3.05, 3.63) is 39.3 Å². The molecule has 134 valence electrons. The Morgan fingerprint density at radius 3 is 2.76 bits per heavy atom. The molecule has 0 N–H and O–H groups in total. The molecule has 3 rings (SSSR count). The van der Waals surface area contributed by atoms with Gasteiger partial charge in [-0.1, -0.05) is 0 Å². The number of benzene rings is 1. The molecule has 1 aromatic carbocycles. The van der Waals surface area contributed by atoms with Gasteiger partial charge in [-0.2, -0.15) is 0 Å². The number of nitrogens with zero attached hydrogens (tertiary/aromatic N) is 2. The predicted octanol–water partition coefficient (Wildman–Crippen LogP) is 3.34. The Labute approximate surface area is 152 Å². The standard InChI is InChI=1S/C19H24N2O3S/c1-12-18(25-13(2)20-12)10-19(22)21-8-7-14(11-21)16-9-15(23-3)5-6-17(16)24-4/h5-6,9,14H,7-8,10-11H2,1-4H3/t14-/m1/s1. The van der Waals surface area contributed by atoms with Gasteiger partial charge in [-0.3, -0.25) is 4.79 Å². The second-order valence-corrected chi connectivity index (χ2v) is 7.64. The molecule has 0 aliphatic carbocycles. The van der Waals surface area contributed by atoms with Gasteiger partial charge in [0, 0.05) is 29.4 Å². The molecule has 1 saturated heterocycles. The molecule has 1 amide bonds. The number of amides is 1. The number of carbonyl (C=O) groups excluding carboxylic acids is 1.